The number of anilines is 2. The predicted molar refractivity (Wildman–Crippen MR) is 106 cm³/mol. The predicted octanol–water partition coefficient (Wildman–Crippen LogP) is 2.79. The van der Waals surface area contributed by atoms with E-state index in [1.807, 2.05) is 0 Å². The zero-order valence-corrected chi connectivity index (χ0v) is 15.6. The summed E-state index contributed by atoms with van der Waals surface area (Å²) in [6.07, 6.45) is 3.49. The van der Waals surface area contributed by atoms with Gasteiger partial charge in [0.2, 0.25) is 17.6 Å². The van der Waals surface area contributed by atoms with Crippen LogP contribution in [0.1, 0.15) is 28.7 Å². The molecule has 3 rings (SSSR count). The van der Waals surface area contributed by atoms with Crippen molar-refractivity contribution >= 4 is 29.0 Å². The molecule has 0 saturated carbocycles. The van der Waals surface area contributed by atoms with Gasteiger partial charge in [-0.2, -0.15) is 0 Å². The lowest BCUT2D eigenvalue weighted by Gasteiger charge is -2.08. The number of carbonyl (C=O) groups excluding carboxylic acids is 3. The second kappa shape index (κ2) is 8.30. The van der Waals surface area contributed by atoms with Crippen molar-refractivity contribution in [1.29, 1.82) is 0 Å². The van der Waals surface area contributed by atoms with Gasteiger partial charge in [-0.3, -0.25) is 14.4 Å². The molecule has 142 valence electrons. The van der Waals surface area contributed by atoms with Crippen molar-refractivity contribution < 1.29 is 14.4 Å². The smallest absolute Gasteiger partial charge is 0.228 e. The van der Waals surface area contributed by atoms with Crippen LogP contribution in [0.4, 0.5) is 11.4 Å². The lowest BCUT2D eigenvalue weighted by Crippen LogP contribution is -2.15. The SMILES string of the molecule is CC(=O)Nc1ccc(CC(=O)Nc2ccc(C(=O)c3nccn3C)cc2)cc1. The van der Waals surface area contributed by atoms with Crippen LogP contribution in [0.2, 0.25) is 0 Å². The zero-order valence-electron chi connectivity index (χ0n) is 15.6. The summed E-state index contributed by atoms with van der Waals surface area (Å²) in [4.78, 5) is 39.7. The average Bonchev–Trinajstić information content (AvgIpc) is 3.09. The van der Waals surface area contributed by atoms with Gasteiger partial charge in [-0.25, -0.2) is 4.98 Å². The van der Waals surface area contributed by atoms with Crippen LogP contribution in [0.5, 0.6) is 0 Å². The molecule has 0 aliphatic rings. The molecule has 0 aliphatic carbocycles. The number of imidazole rings is 1. The van der Waals surface area contributed by atoms with E-state index in [9.17, 15) is 14.4 Å². The number of aryl methyl sites for hydroxylation is 1. The molecule has 28 heavy (non-hydrogen) atoms. The molecule has 0 saturated heterocycles. The largest absolute Gasteiger partial charge is 0.331 e. The molecule has 2 amide bonds. The van der Waals surface area contributed by atoms with Crippen LogP contribution < -0.4 is 10.6 Å². The number of nitrogens with one attached hydrogen (secondary N) is 2. The number of rotatable bonds is 6. The second-order valence-corrected chi connectivity index (χ2v) is 6.37. The topological polar surface area (TPSA) is 93.1 Å². The first-order chi connectivity index (χ1) is 13.4. The molecule has 2 N–H and O–H groups in total. The summed E-state index contributed by atoms with van der Waals surface area (Å²) < 4.78 is 1.66. The highest BCUT2D eigenvalue weighted by Gasteiger charge is 2.13. The molecule has 3 aromatic rings. The first-order valence-corrected chi connectivity index (χ1v) is 8.71. The summed E-state index contributed by atoms with van der Waals surface area (Å²) >= 11 is 0. The Hall–Kier alpha value is -3.74. The highest BCUT2D eigenvalue weighted by atomic mass is 16.2. The minimum Gasteiger partial charge on any atom is -0.331 e. The average molecular weight is 376 g/mol. The second-order valence-electron chi connectivity index (χ2n) is 6.37. The lowest BCUT2D eigenvalue weighted by molar-refractivity contribution is -0.116. The molecule has 0 fully saturated rings. The van der Waals surface area contributed by atoms with Crippen LogP contribution in [0.15, 0.2) is 60.9 Å². The van der Waals surface area contributed by atoms with E-state index in [1.165, 1.54) is 6.92 Å². The van der Waals surface area contributed by atoms with Crippen molar-refractivity contribution in [3.8, 4) is 0 Å². The van der Waals surface area contributed by atoms with E-state index >= 15 is 0 Å². The summed E-state index contributed by atoms with van der Waals surface area (Å²) in [5, 5.41) is 5.49. The van der Waals surface area contributed by atoms with E-state index in [2.05, 4.69) is 15.6 Å². The van der Waals surface area contributed by atoms with Crippen molar-refractivity contribution in [1.82, 2.24) is 9.55 Å². The molecular formula is C21H20N4O3. The van der Waals surface area contributed by atoms with Gasteiger partial charge in [0, 0.05) is 43.3 Å². The summed E-state index contributed by atoms with van der Waals surface area (Å²) in [5.41, 5.74) is 2.62. The van der Waals surface area contributed by atoms with E-state index in [1.54, 1.807) is 72.5 Å². The van der Waals surface area contributed by atoms with Crippen molar-refractivity contribution in [3.05, 3.63) is 77.9 Å². The summed E-state index contributed by atoms with van der Waals surface area (Å²) in [6, 6.07) is 13.8. The molecule has 0 aliphatic heterocycles. The van der Waals surface area contributed by atoms with Crippen LogP contribution in [0, 0.1) is 0 Å². The first-order valence-electron chi connectivity index (χ1n) is 8.71. The number of ketones is 1. The van der Waals surface area contributed by atoms with Crippen LogP contribution in [-0.4, -0.2) is 27.1 Å². The molecule has 1 heterocycles. The quantitative estimate of drug-likeness (QED) is 0.647. The molecule has 1 aromatic heterocycles. The van der Waals surface area contributed by atoms with Crippen molar-refractivity contribution in [2.75, 3.05) is 10.6 Å². The summed E-state index contributed by atoms with van der Waals surface area (Å²) in [6.45, 7) is 1.44. The molecule has 0 atom stereocenters. The molecule has 0 unspecified atom stereocenters. The van der Waals surface area contributed by atoms with Crippen molar-refractivity contribution in [2.45, 2.75) is 13.3 Å². The van der Waals surface area contributed by atoms with Gasteiger partial charge in [-0.15, -0.1) is 0 Å². The number of benzene rings is 2. The minimum atomic E-state index is -0.176. The number of amides is 2. The Morgan fingerprint density at radius 2 is 1.54 bits per heavy atom. The Balaban J connectivity index is 1.59. The number of nitrogens with zero attached hydrogens (tertiary/aromatic N) is 2. The van der Waals surface area contributed by atoms with Gasteiger partial charge in [0.15, 0.2) is 5.82 Å². The lowest BCUT2D eigenvalue weighted by atomic mass is 10.1. The van der Waals surface area contributed by atoms with Crippen LogP contribution in [-0.2, 0) is 23.1 Å². The van der Waals surface area contributed by atoms with Gasteiger partial charge >= 0.3 is 0 Å². The van der Waals surface area contributed by atoms with Gasteiger partial charge in [-0.1, -0.05) is 12.1 Å². The van der Waals surface area contributed by atoms with Crippen LogP contribution >= 0.6 is 0 Å². The maximum atomic E-state index is 12.4. The van der Waals surface area contributed by atoms with E-state index in [0.29, 0.717) is 22.8 Å². The molecule has 0 bridgehead atoms. The zero-order chi connectivity index (χ0) is 20.1. The third-order valence-electron chi connectivity index (χ3n) is 4.09. The normalized spacial score (nSPS) is 10.4. The highest BCUT2D eigenvalue weighted by molar-refractivity contribution is 6.07. The molecule has 0 radical (unpaired) electrons. The van der Waals surface area contributed by atoms with Crippen LogP contribution in [0.3, 0.4) is 0 Å². The molecule has 2 aromatic carbocycles. The summed E-state index contributed by atoms with van der Waals surface area (Å²) in [7, 11) is 1.76. The molecule has 7 heteroatoms. The van der Waals surface area contributed by atoms with Gasteiger partial charge in [0.05, 0.1) is 6.42 Å². The van der Waals surface area contributed by atoms with Gasteiger partial charge in [0.25, 0.3) is 0 Å². The Kier molecular flexibility index (Phi) is 5.64. The molecule has 0 spiro atoms. The minimum absolute atomic E-state index is 0.143. The van der Waals surface area contributed by atoms with Crippen LogP contribution in [0.25, 0.3) is 0 Å². The van der Waals surface area contributed by atoms with Gasteiger partial charge in [0.1, 0.15) is 0 Å². The number of hydrogen-bond acceptors (Lipinski definition) is 4. The van der Waals surface area contributed by atoms with E-state index in [4.69, 9.17) is 0 Å². The fraction of sp³-hybridized carbons (Fsp3) is 0.143. The maximum absolute atomic E-state index is 12.4. The fourth-order valence-electron chi connectivity index (χ4n) is 2.72. The number of aromatic nitrogens is 2. The van der Waals surface area contributed by atoms with E-state index in [0.717, 1.165) is 5.56 Å². The maximum Gasteiger partial charge on any atom is 0.228 e. The molecular weight excluding hydrogens is 356 g/mol. The van der Waals surface area contributed by atoms with Gasteiger partial charge in [-0.05, 0) is 42.0 Å². The monoisotopic (exact) mass is 376 g/mol. The number of carbonyl (C=O) groups is 3. The van der Waals surface area contributed by atoms with Gasteiger partial charge < -0.3 is 15.2 Å². The first kappa shape index (κ1) is 19.0. The number of hydrogen-bond donors (Lipinski definition) is 2. The van der Waals surface area contributed by atoms with Crippen molar-refractivity contribution in [2.24, 2.45) is 7.05 Å². The molecule has 7 nitrogen and oxygen atoms in total. The summed E-state index contributed by atoms with van der Waals surface area (Å²) in [5.74, 6) is -0.130. The Morgan fingerprint density at radius 3 is 2.11 bits per heavy atom. The Bertz CT molecular complexity index is 1000. The highest BCUT2D eigenvalue weighted by Crippen LogP contribution is 2.14. The fourth-order valence-corrected chi connectivity index (χ4v) is 2.72. The Labute approximate surface area is 162 Å². The standard InChI is InChI=1S/C21H20N4O3/c1-14(26)23-17-7-3-15(4-8-17)13-19(27)24-18-9-5-16(6-10-18)20(28)21-22-11-12-25(21)2/h3-12H,13H2,1-2H3,(H,23,26)(H,24,27). The van der Waals surface area contributed by atoms with E-state index < -0.39 is 0 Å². The third-order valence-corrected chi connectivity index (χ3v) is 4.09. The Morgan fingerprint density at radius 1 is 0.929 bits per heavy atom. The third kappa shape index (κ3) is 4.70. The van der Waals surface area contributed by atoms with E-state index in [-0.39, 0.29) is 24.0 Å². The van der Waals surface area contributed by atoms with Crippen molar-refractivity contribution in [3.63, 3.8) is 0 Å².